The fourth-order valence-electron chi connectivity index (χ4n) is 2.03. The van der Waals surface area contributed by atoms with Crippen molar-refractivity contribution in [2.24, 2.45) is 0 Å². The maximum absolute atomic E-state index is 11.4. The molecule has 2 rings (SSSR count). The highest BCUT2D eigenvalue weighted by atomic mass is 79.9. The molecule has 0 aromatic heterocycles. The van der Waals surface area contributed by atoms with Crippen molar-refractivity contribution in [1.82, 2.24) is 0 Å². The Bertz CT molecular complexity index is 569. The van der Waals surface area contributed by atoms with Crippen LogP contribution in [0.2, 0.25) is 0 Å². The van der Waals surface area contributed by atoms with Gasteiger partial charge in [-0.05, 0) is 19.1 Å². The lowest BCUT2D eigenvalue weighted by molar-refractivity contribution is 0.0707. The van der Waals surface area contributed by atoms with Crippen LogP contribution < -0.4 is 4.74 Å². The summed E-state index contributed by atoms with van der Waals surface area (Å²) in [5, 5.41) is 19.4. The number of ether oxygens (including phenoxy) is 1. The highest BCUT2D eigenvalue weighted by molar-refractivity contribution is 9.10. The second-order valence-corrected chi connectivity index (χ2v) is 7.73. The number of rotatable bonds is 3. The molecule has 1 aliphatic heterocycles. The number of benzene rings is 1. The van der Waals surface area contributed by atoms with E-state index in [0.717, 1.165) is 4.47 Å². The van der Waals surface area contributed by atoms with E-state index in [-0.39, 0.29) is 11.5 Å². The minimum Gasteiger partial charge on any atom is -0.486 e. The fourth-order valence-corrected chi connectivity index (χ4v) is 4.03. The molecular weight excluding hydrogens is 336 g/mol. The number of aliphatic hydroxyl groups is 2. The third-order valence-corrected chi connectivity index (χ3v) is 5.16. The van der Waals surface area contributed by atoms with E-state index in [9.17, 15) is 18.6 Å². The van der Waals surface area contributed by atoms with Crippen molar-refractivity contribution in [2.45, 2.75) is 25.2 Å². The average Bonchev–Trinajstić information content (AvgIpc) is 2.51. The molecule has 0 spiro atoms. The molecular formula is C12H15BrO5S. The van der Waals surface area contributed by atoms with Gasteiger partial charge in [0, 0.05) is 10.0 Å². The first-order chi connectivity index (χ1) is 8.78. The Morgan fingerprint density at radius 1 is 1.42 bits per heavy atom. The zero-order valence-corrected chi connectivity index (χ0v) is 12.7. The fraction of sp³-hybridized carbons (Fsp3) is 0.500. The van der Waals surface area contributed by atoms with Crippen LogP contribution in [-0.4, -0.2) is 42.3 Å². The summed E-state index contributed by atoms with van der Waals surface area (Å²) < 4.78 is 29.2. The Hall–Kier alpha value is -0.630. The zero-order valence-electron chi connectivity index (χ0n) is 10.3. The number of aliphatic hydroxyl groups excluding tert-OH is 2. The molecule has 5 nitrogen and oxygen atoms in total. The summed E-state index contributed by atoms with van der Waals surface area (Å²) in [4.78, 5) is 0. The van der Waals surface area contributed by atoms with Gasteiger partial charge in [-0.15, -0.1) is 0 Å². The molecule has 106 valence electrons. The minimum atomic E-state index is -3.26. The predicted molar refractivity (Wildman–Crippen MR) is 73.9 cm³/mol. The van der Waals surface area contributed by atoms with Gasteiger partial charge in [-0.1, -0.05) is 22.0 Å². The maximum Gasteiger partial charge on any atom is 0.156 e. The van der Waals surface area contributed by atoms with E-state index in [1.165, 1.54) is 0 Å². The second kappa shape index (κ2) is 5.40. The van der Waals surface area contributed by atoms with Gasteiger partial charge in [0.1, 0.15) is 18.0 Å². The second-order valence-electron chi connectivity index (χ2n) is 4.66. The topological polar surface area (TPSA) is 83.8 Å². The van der Waals surface area contributed by atoms with E-state index < -0.39 is 28.1 Å². The molecule has 7 heteroatoms. The van der Waals surface area contributed by atoms with Crippen LogP contribution in [0.4, 0.5) is 0 Å². The monoisotopic (exact) mass is 350 g/mol. The third kappa shape index (κ3) is 3.47. The van der Waals surface area contributed by atoms with Gasteiger partial charge < -0.3 is 14.9 Å². The third-order valence-electron chi connectivity index (χ3n) is 2.98. The summed E-state index contributed by atoms with van der Waals surface area (Å²) in [5.41, 5.74) is 0.555. The first-order valence-electron chi connectivity index (χ1n) is 5.81. The first-order valence-corrected chi connectivity index (χ1v) is 8.42. The van der Waals surface area contributed by atoms with Gasteiger partial charge in [-0.25, -0.2) is 8.42 Å². The van der Waals surface area contributed by atoms with Crippen LogP contribution in [0.15, 0.2) is 22.7 Å². The van der Waals surface area contributed by atoms with Gasteiger partial charge in [0.05, 0.1) is 17.6 Å². The maximum atomic E-state index is 11.4. The van der Waals surface area contributed by atoms with Crippen LogP contribution in [0.3, 0.4) is 0 Å². The number of sulfone groups is 1. The first kappa shape index (κ1) is 14.8. The molecule has 0 amide bonds. The van der Waals surface area contributed by atoms with Gasteiger partial charge in [-0.3, -0.25) is 0 Å². The quantitative estimate of drug-likeness (QED) is 0.850. The molecule has 0 bridgehead atoms. The summed E-state index contributed by atoms with van der Waals surface area (Å²) in [6.07, 6.45) is -2.57. The molecule has 2 unspecified atom stereocenters. The molecule has 19 heavy (non-hydrogen) atoms. The number of halogens is 1. The van der Waals surface area contributed by atoms with E-state index in [4.69, 9.17) is 4.74 Å². The molecule has 0 aliphatic carbocycles. The van der Waals surface area contributed by atoms with Crippen LogP contribution in [0.1, 0.15) is 18.6 Å². The molecule has 1 aromatic carbocycles. The summed E-state index contributed by atoms with van der Waals surface area (Å²) in [6, 6.07) is 5.11. The van der Waals surface area contributed by atoms with Crippen LogP contribution in [0, 0.1) is 0 Å². The van der Waals surface area contributed by atoms with E-state index >= 15 is 0 Å². The molecule has 1 fully saturated rings. The molecule has 1 aliphatic rings. The zero-order chi connectivity index (χ0) is 14.2. The SMILES string of the molecule is C[C@@H](O)c1ccc(Br)cc1OC1CS(=O)(=O)CC1O. The predicted octanol–water partition coefficient (Wildman–Crippen LogP) is 1.04. The van der Waals surface area contributed by atoms with Crippen LogP contribution in [0.5, 0.6) is 5.75 Å². The van der Waals surface area contributed by atoms with Crippen molar-refractivity contribution in [2.75, 3.05) is 11.5 Å². The van der Waals surface area contributed by atoms with Gasteiger partial charge in [-0.2, -0.15) is 0 Å². The van der Waals surface area contributed by atoms with Crippen molar-refractivity contribution >= 4 is 25.8 Å². The summed E-state index contributed by atoms with van der Waals surface area (Å²) in [6.45, 7) is 1.60. The Morgan fingerprint density at radius 2 is 2.11 bits per heavy atom. The summed E-state index contributed by atoms with van der Waals surface area (Å²) >= 11 is 3.29. The Labute approximate surface area is 120 Å². The summed E-state index contributed by atoms with van der Waals surface area (Å²) in [5.74, 6) is -0.110. The van der Waals surface area contributed by atoms with Gasteiger partial charge in [0.15, 0.2) is 9.84 Å². The standard InChI is InChI=1S/C12H15BrO5S/c1-7(14)9-3-2-8(13)4-11(9)18-12-6-19(16,17)5-10(12)15/h2-4,7,10,12,14-15H,5-6H2,1H3/t7-,10?,12?/m1/s1. The Balaban J connectivity index is 2.26. The van der Waals surface area contributed by atoms with Crippen molar-refractivity contribution in [3.8, 4) is 5.75 Å². The molecule has 1 heterocycles. The molecule has 2 N–H and O–H groups in total. The van der Waals surface area contributed by atoms with E-state index in [1.54, 1.807) is 25.1 Å². The smallest absolute Gasteiger partial charge is 0.156 e. The molecule has 0 radical (unpaired) electrons. The van der Waals surface area contributed by atoms with E-state index in [1.807, 2.05) is 0 Å². The molecule has 0 saturated carbocycles. The van der Waals surface area contributed by atoms with E-state index in [2.05, 4.69) is 15.9 Å². The van der Waals surface area contributed by atoms with Gasteiger partial charge in [0.2, 0.25) is 0 Å². The highest BCUT2D eigenvalue weighted by Gasteiger charge is 2.38. The molecule has 1 aromatic rings. The normalized spacial score (nSPS) is 27.2. The van der Waals surface area contributed by atoms with E-state index in [0.29, 0.717) is 11.3 Å². The lowest BCUT2D eigenvalue weighted by atomic mass is 10.1. The van der Waals surface area contributed by atoms with Crippen molar-refractivity contribution in [3.05, 3.63) is 28.2 Å². The van der Waals surface area contributed by atoms with Crippen molar-refractivity contribution < 1.29 is 23.4 Å². The average molecular weight is 351 g/mol. The van der Waals surface area contributed by atoms with Gasteiger partial charge in [0.25, 0.3) is 0 Å². The van der Waals surface area contributed by atoms with Crippen molar-refractivity contribution in [3.63, 3.8) is 0 Å². The Morgan fingerprint density at radius 3 is 2.63 bits per heavy atom. The van der Waals surface area contributed by atoms with Crippen LogP contribution >= 0.6 is 15.9 Å². The van der Waals surface area contributed by atoms with Gasteiger partial charge >= 0.3 is 0 Å². The lowest BCUT2D eigenvalue weighted by Crippen LogP contribution is -2.30. The molecule has 1 saturated heterocycles. The number of hydrogen-bond donors (Lipinski definition) is 2. The molecule has 3 atom stereocenters. The summed E-state index contributed by atoms with van der Waals surface area (Å²) in [7, 11) is -3.26. The van der Waals surface area contributed by atoms with Crippen LogP contribution in [-0.2, 0) is 9.84 Å². The minimum absolute atomic E-state index is 0.208. The number of hydrogen-bond acceptors (Lipinski definition) is 5. The highest BCUT2D eigenvalue weighted by Crippen LogP contribution is 2.31. The van der Waals surface area contributed by atoms with Crippen LogP contribution in [0.25, 0.3) is 0 Å². The Kier molecular flexibility index (Phi) is 4.20. The van der Waals surface area contributed by atoms with Crippen molar-refractivity contribution in [1.29, 1.82) is 0 Å². The lowest BCUT2D eigenvalue weighted by Gasteiger charge is -2.19. The largest absolute Gasteiger partial charge is 0.486 e.